The van der Waals surface area contributed by atoms with Crippen LogP contribution in [0.5, 0.6) is 0 Å². The van der Waals surface area contributed by atoms with Crippen molar-refractivity contribution < 1.29 is 4.79 Å². The zero-order valence-electron chi connectivity index (χ0n) is 12.6. The molecule has 1 aliphatic rings. The Bertz CT molecular complexity index is 439. The molecule has 1 fully saturated rings. The predicted molar refractivity (Wildman–Crippen MR) is 83.0 cm³/mol. The van der Waals surface area contributed by atoms with E-state index >= 15 is 0 Å². The van der Waals surface area contributed by atoms with Gasteiger partial charge in [-0.3, -0.25) is 4.79 Å². The highest BCUT2D eigenvalue weighted by Gasteiger charge is 2.15. The Labute approximate surface area is 121 Å². The summed E-state index contributed by atoms with van der Waals surface area (Å²) in [7, 11) is 0. The maximum Gasteiger partial charge on any atom is 0.225 e. The van der Waals surface area contributed by atoms with E-state index in [1.54, 1.807) is 0 Å². The first kappa shape index (κ1) is 15.0. The second-order valence-corrected chi connectivity index (χ2v) is 5.44. The van der Waals surface area contributed by atoms with Crippen molar-refractivity contribution in [2.75, 3.05) is 44.6 Å². The average molecular weight is 275 g/mol. The van der Waals surface area contributed by atoms with Crippen LogP contribution >= 0.6 is 0 Å². The van der Waals surface area contributed by atoms with Gasteiger partial charge < -0.3 is 15.1 Å². The van der Waals surface area contributed by atoms with E-state index in [1.807, 2.05) is 31.2 Å². The minimum absolute atomic E-state index is 0.105. The highest BCUT2D eigenvalue weighted by molar-refractivity contribution is 5.90. The third-order valence-electron chi connectivity index (χ3n) is 3.87. The van der Waals surface area contributed by atoms with Gasteiger partial charge in [0, 0.05) is 44.8 Å². The lowest BCUT2D eigenvalue weighted by atomic mass is 10.2. The van der Waals surface area contributed by atoms with E-state index in [0.717, 1.165) is 45.0 Å². The summed E-state index contributed by atoms with van der Waals surface area (Å²) in [5.74, 6) is 0.105. The zero-order valence-corrected chi connectivity index (χ0v) is 12.6. The molecule has 0 bridgehead atoms. The molecule has 1 heterocycles. The average Bonchev–Trinajstić information content (AvgIpc) is 2.46. The fourth-order valence-corrected chi connectivity index (χ4v) is 2.54. The quantitative estimate of drug-likeness (QED) is 0.892. The molecule has 4 heteroatoms. The molecule has 0 atom stereocenters. The van der Waals surface area contributed by atoms with E-state index in [1.165, 1.54) is 5.56 Å². The Morgan fingerprint density at radius 3 is 2.55 bits per heavy atom. The van der Waals surface area contributed by atoms with Crippen molar-refractivity contribution in [3.63, 3.8) is 0 Å². The number of piperazine rings is 1. The number of aryl methyl sites for hydroxylation is 1. The smallest absolute Gasteiger partial charge is 0.225 e. The number of rotatable bonds is 5. The number of carbonyl (C=O) groups excluding carboxylic acids is 1. The summed E-state index contributed by atoms with van der Waals surface area (Å²) in [6.07, 6.45) is 0.570. The number of hydrogen-bond acceptors (Lipinski definition) is 3. The Balaban J connectivity index is 1.70. The number of nitrogens with one attached hydrogen (secondary N) is 1. The van der Waals surface area contributed by atoms with Gasteiger partial charge in [0.05, 0.1) is 0 Å². The zero-order chi connectivity index (χ0) is 14.4. The molecule has 1 N–H and O–H groups in total. The van der Waals surface area contributed by atoms with Crippen molar-refractivity contribution in [2.24, 2.45) is 0 Å². The Morgan fingerprint density at radius 1 is 1.20 bits per heavy atom. The molecule has 0 aromatic heterocycles. The number of amides is 1. The number of hydrogen-bond donors (Lipinski definition) is 1. The molecular weight excluding hydrogens is 250 g/mol. The second kappa shape index (κ2) is 7.41. The molecule has 1 aromatic rings. The molecule has 0 spiro atoms. The second-order valence-electron chi connectivity index (χ2n) is 5.44. The van der Waals surface area contributed by atoms with E-state index in [0.29, 0.717) is 6.42 Å². The predicted octanol–water partition coefficient (Wildman–Crippen LogP) is 1.96. The summed E-state index contributed by atoms with van der Waals surface area (Å²) in [5.41, 5.74) is 2.06. The van der Waals surface area contributed by atoms with Crippen molar-refractivity contribution in [3.05, 3.63) is 29.8 Å². The molecule has 0 unspecified atom stereocenters. The van der Waals surface area contributed by atoms with Crippen molar-refractivity contribution in [1.29, 1.82) is 0 Å². The highest BCUT2D eigenvalue weighted by atomic mass is 16.1. The lowest BCUT2D eigenvalue weighted by molar-refractivity contribution is -0.116. The van der Waals surface area contributed by atoms with Crippen molar-refractivity contribution in [3.8, 4) is 0 Å². The third kappa shape index (κ3) is 4.62. The van der Waals surface area contributed by atoms with Gasteiger partial charge in [-0.05, 0) is 31.2 Å². The number of likely N-dealkylation sites (N-methyl/N-ethyl adjacent to an activating group) is 1. The van der Waals surface area contributed by atoms with E-state index in [9.17, 15) is 4.79 Å². The SMILES string of the molecule is CCN1CCN(CCC(=O)Nc2cccc(C)c2)CC1. The largest absolute Gasteiger partial charge is 0.326 e. The maximum atomic E-state index is 11.9. The van der Waals surface area contributed by atoms with Crippen LogP contribution in [0, 0.1) is 6.92 Å². The number of carbonyl (C=O) groups is 1. The number of nitrogens with zero attached hydrogens (tertiary/aromatic N) is 2. The van der Waals surface area contributed by atoms with Crippen molar-refractivity contribution in [2.45, 2.75) is 20.3 Å². The molecule has 1 saturated heterocycles. The Morgan fingerprint density at radius 2 is 1.90 bits per heavy atom. The normalized spacial score (nSPS) is 17.1. The van der Waals surface area contributed by atoms with Gasteiger partial charge in [0.2, 0.25) is 5.91 Å². The van der Waals surface area contributed by atoms with Crippen LogP contribution in [0.2, 0.25) is 0 Å². The summed E-state index contributed by atoms with van der Waals surface area (Å²) < 4.78 is 0. The summed E-state index contributed by atoms with van der Waals surface area (Å²) >= 11 is 0. The lowest BCUT2D eigenvalue weighted by Crippen LogP contribution is -2.46. The molecule has 1 aromatic carbocycles. The first-order valence-electron chi connectivity index (χ1n) is 7.48. The molecule has 1 aliphatic heterocycles. The summed E-state index contributed by atoms with van der Waals surface area (Å²) in [6.45, 7) is 10.6. The van der Waals surface area contributed by atoms with Crippen LogP contribution in [0.3, 0.4) is 0 Å². The van der Waals surface area contributed by atoms with Crippen LogP contribution in [0.25, 0.3) is 0 Å². The molecule has 110 valence electrons. The van der Waals surface area contributed by atoms with Crippen LogP contribution in [0.1, 0.15) is 18.9 Å². The van der Waals surface area contributed by atoms with Gasteiger partial charge >= 0.3 is 0 Å². The first-order valence-corrected chi connectivity index (χ1v) is 7.48. The van der Waals surface area contributed by atoms with Gasteiger partial charge in [-0.25, -0.2) is 0 Å². The van der Waals surface area contributed by atoms with Gasteiger partial charge in [0.1, 0.15) is 0 Å². The van der Waals surface area contributed by atoms with E-state index in [-0.39, 0.29) is 5.91 Å². The van der Waals surface area contributed by atoms with Gasteiger partial charge in [-0.15, -0.1) is 0 Å². The first-order chi connectivity index (χ1) is 9.67. The molecule has 0 radical (unpaired) electrons. The van der Waals surface area contributed by atoms with Gasteiger partial charge in [0.15, 0.2) is 0 Å². The van der Waals surface area contributed by atoms with Crippen LogP contribution in [0.4, 0.5) is 5.69 Å². The monoisotopic (exact) mass is 275 g/mol. The molecule has 1 amide bonds. The van der Waals surface area contributed by atoms with Crippen LogP contribution in [-0.2, 0) is 4.79 Å². The van der Waals surface area contributed by atoms with E-state index in [2.05, 4.69) is 22.0 Å². The summed E-state index contributed by atoms with van der Waals surface area (Å²) in [4.78, 5) is 16.8. The van der Waals surface area contributed by atoms with Crippen LogP contribution in [-0.4, -0.2) is 55.0 Å². The molecular formula is C16H25N3O. The summed E-state index contributed by atoms with van der Waals surface area (Å²) in [5, 5.41) is 2.97. The van der Waals surface area contributed by atoms with Gasteiger partial charge in [0.25, 0.3) is 0 Å². The van der Waals surface area contributed by atoms with E-state index in [4.69, 9.17) is 0 Å². The fourth-order valence-electron chi connectivity index (χ4n) is 2.54. The standard InChI is InChI=1S/C16H25N3O/c1-3-18-9-11-19(12-10-18)8-7-16(20)17-15-6-4-5-14(2)13-15/h4-6,13H,3,7-12H2,1-2H3,(H,17,20). The topological polar surface area (TPSA) is 35.6 Å². The number of benzene rings is 1. The molecule has 0 aliphatic carbocycles. The van der Waals surface area contributed by atoms with Crippen molar-refractivity contribution in [1.82, 2.24) is 9.80 Å². The third-order valence-corrected chi connectivity index (χ3v) is 3.87. The van der Waals surface area contributed by atoms with Crippen molar-refractivity contribution >= 4 is 11.6 Å². The highest BCUT2D eigenvalue weighted by Crippen LogP contribution is 2.10. The Kier molecular flexibility index (Phi) is 5.56. The van der Waals surface area contributed by atoms with Gasteiger partial charge in [-0.2, -0.15) is 0 Å². The number of anilines is 1. The van der Waals surface area contributed by atoms with Crippen LogP contribution < -0.4 is 5.32 Å². The van der Waals surface area contributed by atoms with Gasteiger partial charge in [-0.1, -0.05) is 19.1 Å². The van der Waals surface area contributed by atoms with E-state index < -0.39 is 0 Å². The minimum Gasteiger partial charge on any atom is -0.326 e. The lowest BCUT2D eigenvalue weighted by Gasteiger charge is -2.33. The molecule has 0 saturated carbocycles. The summed E-state index contributed by atoms with van der Waals surface area (Å²) in [6, 6.07) is 7.93. The molecule has 20 heavy (non-hydrogen) atoms. The minimum atomic E-state index is 0.105. The van der Waals surface area contributed by atoms with Crippen LogP contribution in [0.15, 0.2) is 24.3 Å². The Hall–Kier alpha value is -1.39. The molecule has 4 nitrogen and oxygen atoms in total. The maximum absolute atomic E-state index is 11.9. The fraction of sp³-hybridized carbons (Fsp3) is 0.562. The molecule has 2 rings (SSSR count).